The van der Waals surface area contributed by atoms with Crippen LogP contribution in [-0.2, 0) is 14.3 Å². The predicted octanol–water partition coefficient (Wildman–Crippen LogP) is -11.1. The van der Waals surface area contributed by atoms with Gasteiger partial charge in [0, 0.05) is 0 Å². The van der Waals surface area contributed by atoms with Crippen LogP contribution in [0.25, 0.3) is 0 Å². The summed E-state index contributed by atoms with van der Waals surface area (Å²) in [5, 5.41) is 17.7. The maximum Gasteiger partial charge on any atom is 1.00 e. The third kappa shape index (κ3) is 676. The predicted molar refractivity (Wildman–Crippen MR) is 33.5 cm³/mol. The molecule has 0 aromatic rings. The van der Waals surface area contributed by atoms with Crippen molar-refractivity contribution in [3.05, 3.63) is 25.4 Å². The van der Waals surface area contributed by atoms with Crippen LogP contribution in [-0.4, -0.2) is 18.5 Å². The van der Waals surface area contributed by atoms with E-state index >= 15 is 0 Å². The fourth-order valence-corrected chi connectivity index (χ4v) is 0.0805. The number of carbonyl (C=O) groups excluding carboxylic acids is 2. The molecule has 0 unspecified atom stereocenters. The monoisotopic (exact) mass is 795 g/mol. The second kappa shape index (κ2) is 98.5. The Morgan fingerprint density at radius 2 is 1.33 bits per heavy atom. The van der Waals surface area contributed by atoms with Crippen molar-refractivity contribution in [1.82, 2.24) is 0 Å². The molecule has 1 N–H and O–H groups in total. The van der Waals surface area contributed by atoms with Gasteiger partial charge in [-0.2, -0.15) is 13.2 Å². The first-order valence-electron chi connectivity index (χ1n) is 2.12. The van der Waals surface area contributed by atoms with Gasteiger partial charge in [0.05, 0.1) is 0 Å². The molecule has 0 spiro atoms. The average molecular weight is 795 g/mol. The van der Waals surface area contributed by atoms with E-state index in [1.54, 1.807) is 0 Å². The Labute approximate surface area is 159 Å². The van der Waals surface area contributed by atoms with Gasteiger partial charge in [0.2, 0.25) is 0 Å². The molecule has 0 bridgehead atoms. The summed E-state index contributed by atoms with van der Waals surface area (Å²) in [6, 6.07) is 0. The van der Waals surface area contributed by atoms with Gasteiger partial charge in [-0.05, 0) is 0 Å². The van der Waals surface area contributed by atoms with E-state index in [9.17, 15) is 9.50 Å². The van der Waals surface area contributed by atoms with Gasteiger partial charge in [-0.15, -0.1) is 5.95 Å². The van der Waals surface area contributed by atoms with Crippen molar-refractivity contribution >= 4 is 13.0 Å². The summed E-state index contributed by atoms with van der Waals surface area (Å²) in [5.41, 5.74) is 0. The molecule has 6 nitrogen and oxygen atoms in total. The number of hydrogen-bond acceptors (Lipinski definition) is 6. The van der Waals surface area contributed by atoms with Gasteiger partial charge in [-0.3, -0.25) is 0 Å². The molecule has 0 atom stereocenters. The zero-order chi connectivity index (χ0) is 10.4. The number of halogens is 1. The van der Waals surface area contributed by atoms with Gasteiger partial charge in [0.15, 0.2) is 0 Å². The van der Waals surface area contributed by atoms with Gasteiger partial charge < -0.3 is 40.9 Å². The molecule has 0 amide bonds. The van der Waals surface area contributed by atoms with Gasteiger partial charge in [0.25, 0.3) is 0 Å². The number of hydrogen-bond donors (Lipinski definition) is 0. The van der Waals surface area contributed by atoms with E-state index in [4.69, 9.17) is 14.7 Å². The van der Waals surface area contributed by atoms with Crippen molar-refractivity contribution < 1.29 is 123 Å². The summed E-state index contributed by atoms with van der Waals surface area (Å²) in [6.07, 6.45) is 1.91. The Bertz CT molecular complexity index is 149. The van der Waals surface area contributed by atoms with E-state index < -0.39 is 5.95 Å². The van der Waals surface area contributed by atoms with Crippen molar-refractivity contribution in [2.45, 2.75) is 0 Å². The Kier molecular flexibility index (Phi) is 370. The molecule has 0 aliphatic rings. The van der Waals surface area contributed by atoms with E-state index in [1.807, 2.05) is 6.26 Å². The van der Waals surface area contributed by atoms with Crippen LogP contribution in [0.2, 0.25) is 0 Å². The molecule has 0 saturated heterocycles. The van der Waals surface area contributed by atoms with Crippen molar-refractivity contribution in [3.8, 4) is 0 Å². The fraction of sp³-hybridized carbons (Fsp3) is 0. The quantitative estimate of drug-likeness (QED) is 0.119. The van der Waals surface area contributed by atoms with Crippen molar-refractivity contribution in [2.75, 3.05) is 0 Å². The topological polar surface area (TPSA) is 119 Å². The molecule has 18 heavy (non-hydrogen) atoms. The molecule has 12 heteroatoms. The number of rotatable bonds is 2. The van der Waals surface area contributed by atoms with Crippen LogP contribution in [0.4, 0.5) is 4.39 Å². The summed E-state index contributed by atoms with van der Waals surface area (Å²) in [7, 11) is 0. The minimum absolute atomic E-state index is 0. The third-order valence-corrected chi connectivity index (χ3v) is 0.186. The van der Waals surface area contributed by atoms with Crippen LogP contribution in [0.5, 0.6) is 0 Å². The second-order valence-electron chi connectivity index (χ2n) is 0.779. The van der Waals surface area contributed by atoms with Crippen LogP contribution in [0, 0.1) is 6.26 Å². The van der Waals surface area contributed by atoms with Gasteiger partial charge >= 0.3 is 88.7 Å². The molecule has 0 rings (SSSR count). The third-order valence-electron chi connectivity index (χ3n) is 0.186. The van der Waals surface area contributed by atoms with E-state index in [0.717, 1.165) is 0 Å². The normalized spacial score (nSPS) is 3.61. The molecular weight excluding hydrogens is 790 g/mol. The maximum absolute atomic E-state index is 9.61. The molecule has 0 saturated carbocycles. The summed E-state index contributed by atoms with van der Waals surface area (Å²) in [6.45, 7) is 6.11. The van der Waals surface area contributed by atoms with Crippen LogP contribution in [0.1, 0.15) is 0 Å². The summed E-state index contributed by atoms with van der Waals surface area (Å²) < 4.78 is 13.4. The molecule has 0 radical (unpaired) electrons. The Morgan fingerprint density at radius 1 is 1.17 bits per heavy atom. The molecule has 0 fully saturated rings. The smallest absolute Gasteiger partial charge is 0.870 e. The SMILES string of the molecule is C=[C-]OC(=C)[O-].O=[C-]F.O=[C-][O-].[Na+].[Na+].[Na+].[OH-].[Rf].[Rf]. The molecule has 0 aromatic carbocycles. The summed E-state index contributed by atoms with van der Waals surface area (Å²) >= 11 is 0. The maximum atomic E-state index is 9.61. The van der Waals surface area contributed by atoms with Crippen LogP contribution in [0.3, 0.4) is 0 Å². The Hall–Kier alpha value is -0.890. The van der Waals surface area contributed by atoms with Crippen LogP contribution < -0.4 is 98.9 Å². The molecule has 0 aliphatic heterocycles. The van der Waals surface area contributed by atoms with E-state index in [0.29, 0.717) is 0 Å². The minimum Gasteiger partial charge on any atom is -0.870 e. The first kappa shape index (κ1) is 67.5. The molecular formula is C6H5FNa3O6Rf2-3. The Morgan fingerprint density at radius 3 is 1.33 bits per heavy atom. The van der Waals surface area contributed by atoms with E-state index in [2.05, 4.69) is 17.9 Å². The fourth-order valence-electron chi connectivity index (χ4n) is 0.0805. The van der Waals surface area contributed by atoms with E-state index in [1.165, 1.54) is 0 Å². The van der Waals surface area contributed by atoms with Crippen molar-refractivity contribution in [1.29, 1.82) is 0 Å². The summed E-state index contributed by atoms with van der Waals surface area (Å²) in [5.74, 6) is -0.634. The summed E-state index contributed by atoms with van der Waals surface area (Å²) in [4.78, 5) is 16.1. The molecule has 0 aromatic heterocycles. The average Bonchev–Trinajstić information content (AvgIpc) is 1.89. The molecule has 82 valence electrons. The minimum atomic E-state index is -0.634. The van der Waals surface area contributed by atoms with Crippen LogP contribution >= 0.6 is 0 Å². The van der Waals surface area contributed by atoms with Crippen LogP contribution in [0.15, 0.2) is 19.1 Å². The second-order valence-corrected chi connectivity index (χ2v) is 0.779. The largest absolute Gasteiger partial charge is 1.00 e. The Balaban J connectivity index is -0.00000000879. The van der Waals surface area contributed by atoms with Crippen molar-refractivity contribution in [3.63, 3.8) is 0 Å². The molecule has 0 aliphatic carbocycles. The van der Waals surface area contributed by atoms with Gasteiger partial charge in [0.1, 0.15) is 0 Å². The van der Waals surface area contributed by atoms with Gasteiger partial charge in [-0.25, -0.2) is 6.26 Å². The number of ether oxygens (including phenoxy) is 1. The standard InChI is InChI=1S/C4H5O2.CFO.CO2.3Na.H2O.2Rf/c1-3-6-4(2)5;2*2-1-3;;;;;;/h5H,1-2H2;;;;;;1H2;;/q2*-1;-2;3*+1;;;/p-2. The van der Waals surface area contributed by atoms with Gasteiger partial charge in [-0.1, -0.05) is 6.54 Å². The van der Waals surface area contributed by atoms with E-state index in [-0.39, 0.29) is 107 Å². The molecule has 0 heterocycles. The zero-order valence-corrected chi connectivity index (χ0v) is 29.5. The van der Waals surface area contributed by atoms with Crippen molar-refractivity contribution in [2.24, 2.45) is 0 Å². The first-order chi connectivity index (χ1) is 5.60. The zero-order valence-electron chi connectivity index (χ0n) is 10.7. The first-order valence-corrected chi connectivity index (χ1v) is 2.12.